The van der Waals surface area contributed by atoms with Crippen LogP contribution in [0.15, 0.2) is 24.7 Å². The minimum atomic E-state index is -2.95. The summed E-state index contributed by atoms with van der Waals surface area (Å²) in [5.41, 5.74) is 1.01. The van der Waals surface area contributed by atoms with E-state index in [1.54, 1.807) is 10.9 Å². The summed E-state index contributed by atoms with van der Waals surface area (Å²) in [4.78, 5) is 27.3. The van der Waals surface area contributed by atoms with Gasteiger partial charge in [0.1, 0.15) is 15.5 Å². The maximum Gasteiger partial charge on any atom is 0.336 e. The summed E-state index contributed by atoms with van der Waals surface area (Å²) in [7, 11) is -2.95. The smallest absolute Gasteiger partial charge is 0.336 e. The molecule has 0 spiro atoms. The average Bonchev–Trinajstić information content (AvgIpc) is 3.14. The lowest BCUT2D eigenvalue weighted by Crippen LogP contribution is -2.46. The van der Waals surface area contributed by atoms with Crippen molar-refractivity contribution in [3.63, 3.8) is 0 Å². The summed E-state index contributed by atoms with van der Waals surface area (Å²) < 4.78 is 24.2. The molecule has 1 saturated carbocycles. The fourth-order valence-electron chi connectivity index (χ4n) is 3.77. The van der Waals surface area contributed by atoms with E-state index in [2.05, 4.69) is 20.6 Å². The third kappa shape index (κ3) is 6.84. The molecule has 0 aliphatic heterocycles. The molecule has 0 aromatic carbocycles. The van der Waals surface area contributed by atoms with Crippen LogP contribution in [0.4, 0.5) is 0 Å². The van der Waals surface area contributed by atoms with Gasteiger partial charge in [0.15, 0.2) is 0 Å². The molecule has 0 atom stereocenters. The number of rotatable bonds is 11. The molecule has 0 saturated heterocycles. The Bertz CT molecular complexity index is 1030. The fourth-order valence-corrected chi connectivity index (χ4v) is 4.90. The second kappa shape index (κ2) is 9.99. The molecule has 0 radical (unpaired) electrons. The summed E-state index contributed by atoms with van der Waals surface area (Å²) in [6, 6.07) is 1.52. The van der Waals surface area contributed by atoms with Gasteiger partial charge in [-0.05, 0) is 37.7 Å². The average molecular weight is 450 g/mol. The molecule has 31 heavy (non-hydrogen) atoms. The van der Waals surface area contributed by atoms with Crippen LogP contribution >= 0.6 is 0 Å². The van der Waals surface area contributed by atoms with Crippen LogP contribution in [0.2, 0.25) is 0 Å². The van der Waals surface area contributed by atoms with Crippen molar-refractivity contribution >= 4 is 21.7 Å². The molecule has 2 aromatic rings. The highest BCUT2D eigenvalue weighted by atomic mass is 32.2. The second-order valence-electron chi connectivity index (χ2n) is 8.10. The summed E-state index contributed by atoms with van der Waals surface area (Å²) in [6.45, 7) is 0.618. The van der Waals surface area contributed by atoms with Gasteiger partial charge in [0.2, 0.25) is 5.91 Å². The number of sulfone groups is 1. The van der Waals surface area contributed by atoms with E-state index in [0.717, 1.165) is 32.1 Å². The standard InChI is InChI=1S/C20H27N5O5S/c1-31(29,30)13-14-9-15(10-14)22-19(26)5-3-2-4-8-25-12-18(23-24-25)17-11-21-7-6-16(17)20(27)28/h6-7,11-12,14-15H,2-5,8-10,13H2,1H3,(H,22,26)(H,27,28). The van der Waals surface area contributed by atoms with Crippen LogP contribution in [0.25, 0.3) is 11.3 Å². The third-order valence-corrected chi connectivity index (χ3v) is 6.37. The molecule has 1 fully saturated rings. The molecule has 1 amide bonds. The lowest BCUT2D eigenvalue weighted by atomic mass is 9.81. The molecular weight excluding hydrogens is 422 g/mol. The maximum atomic E-state index is 12.0. The van der Waals surface area contributed by atoms with Crippen molar-refractivity contribution in [2.45, 2.75) is 51.1 Å². The van der Waals surface area contributed by atoms with Crippen molar-refractivity contribution < 1.29 is 23.1 Å². The minimum Gasteiger partial charge on any atom is -0.478 e. The van der Waals surface area contributed by atoms with Crippen LogP contribution in [-0.4, -0.2) is 63.4 Å². The first kappa shape index (κ1) is 22.9. The van der Waals surface area contributed by atoms with Crippen molar-refractivity contribution in [2.24, 2.45) is 5.92 Å². The summed E-state index contributed by atoms with van der Waals surface area (Å²) in [6.07, 6.45) is 10.1. The number of carbonyl (C=O) groups excluding carboxylic acids is 1. The van der Waals surface area contributed by atoms with Gasteiger partial charge < -0.3 is 10.4 Å². The molecule has 10 nitrogen and oxygen atoms in total. The van der Waals surface area contributed by atoms with Crippen LogP contribution in [0.1, 0.15) is 48.9 Å². The Morgan fingerprint density at radius 1 is 1.26 bits per heavy atom. The molecule has 2 aromatic heterocycles. The Hall–Kier alpha value is -2.82. The van der Waals surface area contributed by atoms with Gasteiger partial charge in [-0.3, -0.25) is 14.5 Å². The van der Waals surface area contributed by atoms with Crippen molar-refractivity contribution in [1.82, 2.24) is 25.3 Å². The third-order valence-electron chi connectivity index (χ3n) is 5.30. The number of nitrogens with one attached hydrogen (secondary N) is 1. The Labute approximate surface area is 181 Å². The van der Waals surface area contributed by atoms with Crippen molar-refractivity contribution in [2.75, 3.05) is 12.0 Å². The minimum absolute atomic E-state index is 0.00336. The number of hydrogen-bond acceptors (Lipinski definition) is 7. The first-order valence-corrected chi connectivity index (χ1v) is 12.3. The van der Waals surface area contributed by atoms with Crippen molar-refractivity contribution in [1.29, 1.82) is 0 Å². The van der Waals surface area contributed by atoms with Gasteiger partial charge in [-0.15, -0.1) is 5.10 Å². The molecule has 1 aliphatic carbocycles. The van der Waals surface area contributed by atoms with Gasteiger partial charge in [-0.1, -0.05) is 11.6 Å². The highest BCUT2D eigenvalue weighted by molar-refractivity contribution is 7.90. The Kier molecular flexibility index (Phi) is 7.37. The van der Waals surface area contributed by atoms with E-state index in [1.165, 1.54) is 24.7 Å². The zero-order valence-electron chi connectivity index (χ0n) is 17.4. The Balaban J connectivity index is 1.33. The van der Waals surface area contributed by atoms with Gasteiger partial charge >= 0.3 is 5.97 Å². The predicted molar refractivity (Wildman–Crippen MR) is 113 cm³/mol. The number of aryl methyl sites for hydroxylation is 1. The van der Waals surface area contributed by atoms with E-state index < -0.39 is 15.8 Å². The molecule has 3 rings (SSSR count). The fraction of sp³-hybridized carbons (Fsp3) is 0.550. The first-order chi connectivity index (χ1) is 14.7. The van der Waals surface area contributed by atoms with Gasteiger partial charge in [0.25, 0.3) is 0 Å². The van der Waals surface area contributed by atoms with E-state index in [9.17, 15) is 23.1 Å². The quantitative estimate of drug-likeness (QED) is 0.492. The van der Waals surface area contributed by atoms with Crippen LogP contribution in [0.5, 0.6) is 0 Å². The lowest BCUT2D eigenvalue weighted by molar-refractivity contribution is -0.122. The Morgan fingerprint density at radius 3 is 2.74 bits per heavy atom. The van der Waals surface area contributed by atoms with Crippen LogP contribution in [-0.2, 0) is 21.2 Å². The monoisotopic (exact) mass is 449 g/mol. The van der Waals surface area contributed by atoms with Gasteiger partial charge in [-0.2, -0.15) is 0 Å². The highest BCUT2D eigenvalue weighted by Gasteiger charge is 2.32. The van der Waals surface area contributed by atoms with Gasteiger partial charge in [0.05, 0.1) is 17.5 Å². The predicted octanol–water partition coefficient (Wildman–Crippen LogP) is 1.54. The summed E-state index contributed by atoms with van der Waals surface area (Å²) >= 11 is 0. The van der Waals surface area contributed by atoms with E-state index >= 15 is 0 Å². The topological polar surface area (TPSA) is 144 Å². The zero-order valence-corrected chi connectivity index (χ0v) is 18.2. The molecule has 0 unspecified atom stereocenters. The van der Waals surface area contributed by atoms with E-state index in [1.807, 2.05) is 0 Å². The molecule has 2 N–H and O–H groups in total. The van der Waals surface area contributed by atoms with E-state index in [0.29, 0.717) is 24.2 Å². The first-order valence-electron chi connectivity index (χ1n) is 10.3. The summed E-state index contributed by atoms with van der Waals surface area (Å²) in [5.74, 6) is -0.685. The number of pyridine rings is 1. The number of carboxylic acids is 1. The number of aromatic nitrogens is 4. The number of aromatic carboxylic acids is 1. The second-order valence-corrected chi connectivity index (χ2v) is 10.3. The molecule has 168 valence electrons. The zero-order chi connectivity index (χ0) is 22.4. The molecule has 11 heteroatoms. The van der Waals surface area contributed by atoms with E-state index in [-0.39, 0.29) is 29.2 Å². The number of nitrogens with zero attached hydrogens (tertiary/aromatic N) is 4. The number of amides is 1. The number of carbonyl (C=O) groups is 2. The molecular formula is C20H27N5O5S. The largest absolute Gasteiger partial charge is 0.478 e. The van der Waals surface area contributed by atoms with Crippen molar-refractivity contribution in [3.05, 3.63) is 30.2 Å². The SMILES string of the molecule is CS(=O)(=O)CC1CC(NC(=O)CCCCCn2cc(-c3cnccc3C(=O)O)nn2)C1. The van der Waals surface area contributed by atoms with Crippen LogP contribution in [0, 0.1) is 5.92 Å². The Morgan fingerprint density at radius 2 is 2.03 bits per heavy atom. The molecule has 2 heterocycles. The molecule has 1 aliphatic rings. The lowest BCUT2D eigenvalue weighted by Gasteiger charge is -2.35. The number of hydrogen-bond donors (Lipinski definition) is 2. The normalized spacial score (nSPS) is 18.4. The van der Waals surface area contributed by atoms with Crippen LogP contribution in [0.3, 0.4) is 0 Å². The van der Waals surface area contributed by atoms with Gasteiger partial charge in [0, 0.05) is 43.2 Å². The number of unbranched alkanes of at least 4 members (excludes halogenated alkanes) is 2. The van der Waals surface area contributed by atoms with Gasteiger partial charge in [-0.25, -0.2) is 13.2 Å². The molecule has 0 bridgehead atoms. The summed E-state index contributed by atoms with van der Waals surface area (Å²) in [5, 5.41) is 20.3. The maximum absolute atomic E-state index is 12.0. The highest BCUT2D eigenvalue weighted by Crippen LogP contribution is 2.28. The van der Waals surface area contributed by atoms with Crippen LogP contribution < -0.4 is 5.32 Å². The van der Waals surface area contributed by atoms with E-state index in [4.69, 9.17) is 0 Å². The number of carboxylic acid groups (broad SMARTS) is 1. The van der Waals surface area contributed by atoms with Crippen molar-refractivity contribution in [3.8, 4) is 11.3 Å².